The molecule has 0 bridgehead atoms. The van der Waals surface area contributed by atoms with Crippen LogP contribution in [0.3, 0.4) is 0 Å². The molecule has 0 atom stereocenters. The van der Waals surface area contributed by atoms with Gasteiger partial charge < -0.3 is 0 Å². The van der Waals surface area contributed by atoms with E-state index in [1.54, 1.807) is 0 Å². The second-order valence-electron chi connectivity index (χ2n) is 5.85. The average Bonchev–Trinajstić information content (AvgIpc) is 2.39. The molecule has 1 aliphatic carbocycles. The van der Waals surface area contributed by atoms with Crippen LogP contribution in [-0.4, -0.2) is 30.3 Å². The van der Waals surface area contributed by atoms with Crippen molar-refractivity contribution in [3.05, 3.63) is 35.4 Å². The van der Waals surface area contributed by atoms with E-state index in [-0.39, 0.29) is 6.54 Å². The molecule has 110 valence electrons. The number of hydrogen-bond acceptors (Lipinski definition) is 2. The Hall–Kier alpha value is -1.29. The van der Waals surface area contributed by atoms with Crippen LogP contribution in [0.5, 0.6) is 0 Å². The molecule has 4 heteroatoms. The molecule has 1 fully saturated rings. The van der Waals surface area contributed by atoms with Crippen LogP contribution in [0.4, 0.5) is 8.78 Å². The molecule has 2 nitrogen and oxygen atoms in total. The maximum absolute atomic E-state index is 13.6. The Bertz CT molecular complexity index is 461. The van der Waals surface area contributed by atoms with Crippen molar-refractivity contribution < 1.29 is 13.6 Å². The van der Waals surface area contributed by atoms with Gasteiger partial charge in [0.05, 0.1) is 12.1 Å². The van der Waals surface area contributed by atoms with Crippen molar-refractivity contribution in [3.63, 3.8) is 0 Å². The largest absolute Gasteiger partial charge is 0.296 e. The van der Waals surface area contributed by atoms with Gasteiger partial charge in [-0.2, -0.15) is 0 Å². The minimum atomic E-state index is -0.777. The molecule has 0 heterocycles. The Morgan fingerprint density at radius 1 is 1.20 bits per heavy atom. The summed E-state index contributed by atoms with van der Waals surface area (Å²) in [5.74, 6) is -1.30. The summed E-state index contributed by atoms with van der Waals surface area (Å²) in [5, 5.41) is 0. The predicted molar refractivity (Wildman–Crippen MR) is 74.7 cm³/mol. The maximum atomic E-state index is 13.6. The Morgan fingerprint density at radius 2 is 1.75 bits per heavy atom. The van der Waals surface area contributed by atoms with Gasteiger partial charge in [0.15, 0.2) is 5.78 Å². The Balaban J connectivity index is 2.01. The van der Waals surface area contributed by atoms with Crippen molar-refractivity contribution in [3.8, 4) is 0 Å². The van der Waals surface area contributed by atoms with Gasteiger partial charge >= 0.3 is 0 Å². The van der Waals surface area contributed by atoms with Crippen LogP contribution in [0.15, 0.2) is 18.2 Å². The van der Waals surface area contributed by atoms with E-state index in [0.29, 0.717) is 6.04 Å². The van der Waals surface area contributed by atoms with E-state index in [2.05, 4.69) is 6.92 Å². The molecule has 0 aromatic heterocycles. The molecule has 0 spiro atoms. The standard InChI is InChI=1S/C16H21F2NO/c1-11-6-8-12(9-7-11)19(2)10-15(20)16-13(17)4-3-5-14(16)18/h3-5,11-12H,6-10H2,1-2H3. The summed E-state index contributed by atoms with van der Waals surface area (Å²) < 4.78 is 27.1. The highest BCUT2D eigenvalue weighted by atomic mass is 19.1. The number of carbonyl (C=O) groups excluding carboxylic acids is 1. The first-order valence-corrected chi connectivity index (χ1v) is 7.16. The number of likely N-dealkylation sites (N-methyl/N-ethyl adjacent to an activating group) is 1. The molecular formula is C16H21F2NO. The Kier molecular flexibility index (Phi) is 4.86. The van der Waals surface area contributed by atoms with E-state index in [0.717, 1.165) is 43.7 Å². The average molecular weight is 281 g/mol. The molecule has 0 unspecified atom stereocenters. The third-order valence-electron chi connectivity index (χ3n) is 4.24. The second-order valence-corrected chi connectivity index (χ2v) is 5.85. The van der Waals surface area contributed by atoms with Gasteiger partial charge in [-0.05, 0) is 50.8 Å². The zero-order valence-corrected chi connectivity index (χ0v) is 12.0. The summed E-state index contributed by atoms with van der Waals surface area (Å²) in [7, 11) is 1.86. The van der Waals surface area contributed by atoms with E-state index in [9.17, 15) is 13.6 Å². The molecule has 20 heavy (non-hydrogen) atoms. The van der Waals surface area contributed by atoms with Crippen LogP contribution in [0.1, 0.15) is 43.0 Å². The highest BCUT2D eigenvalue weighted by molar-refractivity contribution is 5.98. The topological polar surface area (TPSA) is 20.3 Å². The molecule has 0 radical (unpaired) electrons. The molecule has 0 amide bonds. The third kappa shape index (κ3) is 3.42. The van der Waals surface area contributed by atoms with Crippen molar-refractivity contribution >= 4 is 5.78 Å². The Morgan fingerprint density at radius 3 is 2.30 bits per heavy atom. The van der Waals surface area contributed by atoms with Crippen molar-refractivity contribution in [2.75, 3.05) is 13.6 Å². The number of hydrogen-bond donors (Lipinski definition) is 0. The van der Waals surface area contributed by atoms with Gasteiger partial charge in [-0.3, -0.25) is 9.69 Å². The summed E-state index contributed by atoms with van der Waals surface area (Å²) in [6.45, 7) is 2.30. The van der Waals surface area contributed by atoms with Crippen LogP contribution < -0.4 is 0 Å². The van der Waals surface area contributed by atoms with Gasteiger partial charge in [-0.25, -0.2) is 8.78 Å². The second kappa shape index (κ2) is 6.44. The first kappa shape index (κ1) is 15.1. The highest BCUT2D eigenvalue weighted by Crippen LogP contribution is 2.26. The van der Waals surface area contributed by atoms with Crippen molar-refractivity contribution in [1.29, 1.82) is 0 Å². The quantitative estimate of drug-likeness (QED) is 0.785. The number of benzene rings is 1. The molecule has 0 saturated heterocycles. The summed E-state index contributed by atoms with van der Waals surface area (Å²) in [4.78, 5) is 14.0. The molecule has 0 aliphatic heterocycles. The number of Topliss-reactive ketones (excluding diaryl/α,β-unsaturated/α-hetero) is 1. The van der Waals surface area contributed by atoms with Crippen molar-refractivity contribution in [1.82, 2.24) is 4.90 Å². The van der Waals surface area contributed by atoms with Crippen LogP contribution in [0, 0.1) is 17.6 Å². The zero-order valence-electron chi connectivity index (χ0n) is 12.0. The highest BCUT2D eigenvalue weighted by Gasteiger charge is 2.25. The fourth-order valence-corrected chi connectivity index (χ4v) is 2.88. The van der Waals surface area contributed by atoms with Crippen molar-refractivity contribution in [2.24, 2.45) is 5.92 Å². The van der Waals surface area contributed by atoms with E-state index in [1.165, 1.54) is 6.07 Å². The lowest BCUT2D eigenvalue weighted by molar-refractivity contribution is 0.0880. The van der Waals surface area contributed by atoms with Gasteiger partial charge in [0, 0.05) is 6.04 Å². The minimum Gasteiger partial charge on any atom is -0.296 e. The minimum absolute atomic E-state index is 0.0664. The lowest BCUT2D eigenvalue weighted by Crippen LogP contribution is -2.38. The fourth-order valence-electron chi connectivity index (χ4n) is 2.88. The van der Waals surface area contributed by atoms with Crippen molar-refractivity contribution in [2.45, 2.75) is 38.6 Å². The first-order valence-electron chi connectivity index (χ1n) is 7.16. The van der Waals surface area contributed by atoms with Crippen LogP contribution in [-0.2, 0) is 0 Å². The van der Waals surface area contributed by atoms with E-state index in [1.807, 2.05) is 11.9 Å². The fraction of sp³-hybridized carbons (Fsp3) is 0.562. The number of nitrogens with zero attached hydrogens (tertiary/aromatic N) is 1. The number of ketones is 1. The van der Waals surface area contributed by atoms with Gasteiger partial charge in [0.2, 0.25) is 0 Å². The molecule has 1 aliphatic rings. The smallest absolute Gasteiger partial charge is 0.182 e. The molecule has 2 rings (SSSR count). The predicted octanol–water partition coefficient (Wildman–Crippen LogP) is 3.66. The maximum Gasteiger partial charge on any atom is 0.182 e. The SMILES string of the molecule is CC1CCC(N(C)CC(=O)c2c(F)cccc2F)CC1. The summed E-state index contributed by atoms with van der Waals surface area (Å²) in [6, 6.07) is 3.86. The third-order valence-corrected chi connectivity index (χ3v) is 4.24. The molecule has 1 aromatic rings. The normalized spacial score (nSPS) is 23.1. The van der Waals surface area contributed by atoms with E-state index >= 15 is 0 Å². The van der Waals surface area contributed by atoms with Gasteiger partial charge in [0.1, 0.15) is 11.6 Å². The summed E-state index contributed by atoms with van der Waals surface area (Å²) >= 11 is 0. The molecular weight excluding hydrogens is 260 g/mol. The van der Waals surface area contributed by atoms with Crippen LogP contribution in [0.25, 0.3) is 0 Å². The molecule has 1 saturated carbocycles. The number of rotatable bonds is 4. The van der Waals surface area contributed by atoms with E-state index < -0.39 is 23.0 Å². The number of halogens is 2. The van der Waals surface area contributed by atoms with Gasteiger partial charge in [-0.1, -0.05) is 13.0 Å². The lowest BCUT2D eigenvalue weighted by atomic mass is 9.86. The first-order chi connectivity index (χ1) is 9.49. The van der Waals surface area contributed by atoms with Crippen LogP contribution >= 0.6 is 0 Å². The monoisotopic (exact) mass is 281 g/mol. The summed E-state index contributed by atoms with van der Waals surface area (Å²) in [6.07, 6.45) is 4.39. The van der Waals surface area contributed by atoms with Gasteiger partial charge in [-0.15, -0.1) is 0 Å². The number of carbonyl (C=O) groups is 1. The van der Waals surface area contributed by atoms with Gasteiger partial charge in [0.25, 0.3) is 0 Å². The zero-order chi connectivity index (χ0) is 14.7. The summed E-state index contributed by atoms with van der Waals surface area (Å²) in [5.41, 5.74) is -0.413. The molecule has 1 aromatic carbocycles. The van der Waals surface area contributed by atoms with Crippen LogP contribution in [0.2, 0.25) is 0 Å². The van der Waals surface area contributed by atoms with E-state index in [4.69, 9.17) is 0 Å². The molecule has 0 N–H and O–H groups in total. The Labute approximate surface area is 118 Å². The lowest BCUT2D eigenvalue weighted by Gasteiger charge is -2.33.